The maximum atomic E-state index is 13.7. The molecule has 0 bridgehead atoms. The molecule has 3 N–H and O–H groups in total. The fourth-order valence-corrected chi connectivity index (χ4v) is 2.75. The third kappa shape index (κ3) is 4.34. The maximum Gasteiger partial charge on any atom is 0.315 e. The summed E-state index contributed by atoms with van der Waals surface area (Å²) in [5, 5.41) is 15.0. The Balaban J connectivity index is 1.81. The highest BCUT2D eigenvalue weighted by Crippen LogP contribution is 2.24. The first-order valence-corrected chi connectivity index (χ1v) is 7.55. The van der Waals surface area contributed by atoms with E-state index in [4.69, 9.17) is 4.74 Å². The molecule has 2 amide bonds. The Hall–Kier alpha value is -1.82. The van der Waals surface area contributed by atoms with Crippen LogP contribution in [-0.2, 0) is 0 Å². The fraction of sp³-hybridized carbons (Fsp3) is 0.562. The van der Waals surface area contributed by atoms with E-state index < -0.39 is 5.82 Å². The number of methoxy groups -OCH3 is 1. The number of benzene rings is 1. The molecule has 1 fully saturated rings. The predicted octanol–water partition coefficient (Wildman–Crippen LogP) is 2.36. The lowest BCUT2D eigenvalue weighted by atomic mass is 10.1. The van der Waals surface area contributed by atoms with Crippen molar-refractivity contribution in [1.82, 2.24) is 10.6 Å². The topological polar surface area (TPSA) is 70.6 Å². The van der Waals surface area contributed by atoms with E-state index in [-0.39, 0.29) is 23.9 Å². The summed E-state index contributed by atoms with van der Waals surface area (Å²) in [6, 6.07) is 4.03. The zero-order valence-electron chi connectivity index (χ0n) is 12.9. The molecule has 3 unspecified atom stereocenters. The summed E-state index contributed by atoms with van der Waals surface area (Å²) < 4.78 is 18.5. The lowest BCUT2D eigenvalue weighted by molar-refractivity contribution is 0.177. The Bertz CT molecular complexity index is 524. The number of aliphatic hydroxyl groups is 1. The highest BCUT2D eigenvalue weighted by Gasteiger charge is 2.23. The van der Waals surface area contributed by atoms with Crippen molar-refractivity contribution >= 4 is 6.03 Å². The van der Waals surface area contributed by atoms with Crippen molar-refractivity contribution < 1.29 is 19.0 Å². The molecule has 3 atom stereocenters. The van der Waals surface area contributed by atoms with E-state index in [2.05, 4.69) is 10.6 Å². The molecule has 1 aliphatic rings. The van der Waals surface area contributed by atoms with Gasteiger partial charge in [-0.15, -0.1) is 0 Å². The van der Waals surface area contributed by atoms with Gasteiger partial charge in [-0.05, 0) is 49.8 Å². The van der Waals surface area contributed by atoms with Gasteiger partial charge in [-0.25, -0.2) is 9.18 Å². The van der Waals surface area contributed by atoms with Crippen molar-refractivity contribution in [3.05, 3.63) is 29.6 Å². The van der Waals surface area contributed by atoms with E-state index in [0.29, 0.717) is 18.0 Å². The van der Waals surface area contributed by atoms with Crippen molar-refractivity contribution in [2.75, 3.05) is 13.7 Å². The molecule has 122 valence electrons. The summed E-state index contributed by atoms with van der Waals surface area (Å²) in [7, 11) is 1.41. The second-order valence-corrected chi connectivity index (χ2v) is 5.80. The van der Waals surface area contributed by atoms with Crippen LogP contribution in [0.5, 0.6) is 5.75 Å². The van der Waals surface area contributed by atoms with Gasteiger partial charge in [0, 0.05) is 6.54 Å². The molecule has 1 saturated carbocycles. The Labute approximate surface area is 129 Å². The predicted molar refractivity (Wildman–Crippen MR) is 81.2 cm³/mol. The van der Waals surface area contributed by atoms with Crippen molar-refractivity contribution in [2.24, 2.45) is 5.92 Å². The minimum absolute atomic E-state index is 0.181. The summed E-state index contributed by atoms with van der Waals surface area (Å²) in [6.45, 7) is 2.34. The first kappa shape index (κ1) is 16.5. The SMILES string of the molecule is COc1ccc(C(C)NC(=O)NCC2CCC(O)C2)cc1F. The molecule has 1 aromatic carbocycles. The van der Waals surface area contributed by atoms with Gasteiger partial charge in [0.2, 0.25) is 0 Å². The maximum absolute atomic E-state index is 13.7. The normalized spacial score (nSPS) is 22.2. The van der Waals surface area contributed by atoms with Gasteiger partial charge >= 0.3 is 6.03 Å². The van der Waals surface area contributed by atoms with Crippen LogP contribution in [0.25, 0.3) is 0 Å². The van der Waals surface area contributed by atoms with E-state index in [1.165, 1.54) is 13.2 Å². The average Bonchev–Trinajstić information content (AvgIpc) is 2.90. The number of amides is 2. The molecular weight excluding hydrogens is 287 g/mol. The van der Waals surface area contributed by atoms with Crippen LogP contribution in [0.1, 0.15) is 37.8 Å². The Morgan fingerprint density at radius 3 is 2.86 bits per heavy atom. The number of halogens is 1. The Morgan fingerprint density at radius 1 is 1.50 bits per heavy atom. The zero-order chi connectivity index (χ0) is 16.1. The highest BCUT2D eigenvalue weighted by molar-refractivity contribution is 5.74. The number of carbonyl (C=O) groups excluding carboxylic acids is 1. The molecule has 0 heterocycles. The smallest absolute Gasteiger partial charge is 0.315 e. The molecule has 22 heavy (non-hydrogen) atoms. The van der Waals surface area contributed by atoms with Crippen LogP contribution in [0.3, 0.4) is 0 Å². The molecule has 2 rings (SSSR count). The van der Waals surface area contributed by atoms with Crippen molar-refractivity contribution in [1.29, 1.82) is 0 Å². The Kier molecular flexibility index (Phi) is 5.60. The highest BCUT2D eigenvalue weighted by atomic mass is 19.1. The van der Waals surface area contributed by atoms with Crippen LogP contribution in [-0.4, -0.2) is 30.9 Å². The average molecular weight is 310 g/mol. The summed E-state index contributed by atoms with van der Waals surface area (Å²) >= 11 is 0. The van der Waals surface area contributed by atoms with Crippen LogP contribution >= 0.6 is 0 Å². The third-order valence-corrected chi connectivity index (χ3v) is 4.09. The Morgan fingerprint density at radius 2 is 2.27 bits per heavy atom. The van der Waals surface area contributed by atoms with E-state index in [1.807, 2.05) is 0 Å². The van der Waals surface area contributed by atoms with E-state index >= 15 is 0 Å². The molecule has 6 heteroatoms. The second kappa shape index (κ2) is 7.45. The van der Waals surface area contributed by atoms with E-state index in [0.717, 1.165) is 19.3 Å². The monoisotopic (exact) mass is 310 g/mol. The fourth-order valence-electron chi connectivity index (χ4n) is 2.75. The number of aliphatic hydroxyl groups excluding tert-OH is 1. The van der Waals surface area contributed by atoms with Crippen LogP contribution in [0.4, 0.5) is 9.18 Å². The first-order valence-electron chi connectivity index (χ1n) is 7.55. The van der Waals surface area contributed by atoms with Crippen LogP contribution in [0.2, 0.25) is 0 Å². The third-order valence-electron chi connectivity index (χ3n) is 4.09. The molecule has 0 radical (unpaired) electrons. The second-order valence-electron chi connectivity index (χ2n) is 5.80. The van der Waals surface area contributed by atoms with Gasteiger partial charge in [0.25, 0.3) is 0 Å². The van der Waals surface area contributed by atoms with Crippen molar-refractivity contribution in [2.45, 2.75) is 38.3 Å². The lowest BCUT2D eigenvalue weighted by Crippen LogP contribution is -2.39. The minimum Gasteiger partial charge on any atom is -0.494 e. The molecule has 0 aromatic heterocycles. The van der Waals surface area contributed by atoms with Crippen LogP contribution < -0.4 is 15.4 Å². The molecule has 0 aliphatic heterocycles. The van der Waals surface area contributed by atoms with Gasteiger partial charge in [0.05, 0.1) is 19.3 Å². The van der Waals surface area contributed by atoms with Crippen molar-refractivity contribution in [3.8, 4) is 5.75 Å². The number of rotatable bonds is 5. The standard InChI is InChI=1S/C16H23FN2O3/c1-10(12-4-6-15(22-2)14(17)8-12)19-16(21)18-9-11-3-5-13(20)7-11/h4,6,8,10-11,13,20H,3,5,7,9H2,1-2H3,(H2,18,19,21). The van der Waals surface area contributed by atoms with Crippen molar-refractivity contribution in [3.63, 3.8) is 0 Å². The minimum atomic E-state index is -0.450. The van der Waals surface area contributed by atoms with Gasteiger partial charge in [-0.2, -0.15) is 0 Å². The summed E-state index contributed by atoms with van der Waals surface area (Å²) in [4.78, 5) is 11.9. The number of nitrogens with one attached hydrogen (secondary N) is 2. The van der Waals surface area contributed by atoms with Gasteiger partial charge in [-0.3, -0.25) is 0 Å². The molecule has 0 saturated heterocycles. The van der Waals surface area contributed by atoms with Gasteiger partial charge in [0.1, 0.15) is 0 Å². The number of urea groups is 1. The summed E-state index contributed by atoms with van der Waals surface area (Å²) in [6.07, 6.45) is 2.23. The summed E-state index contributed by atoms with van der Waals surface area (Å²) in [5.74, 6) is 0.0590. The first-order chi connectivity index (χ1) is 10.5. The number of carbonyl (C=O) groups is 1. The van der Waals surface area contributed by atoms with E-state index in [1.54, 1.807) is 19.1 Å². The molecule has 1 aliphatic carbocycles. The quantitative estimate of drug-likeness (QED) is 0.782. The van der Waals surface area contributed by atoms with Gasteiger partial charge in [0.15, 0.2) is 11.6 Å². The van der Waals surface area contributed by atoms with Crippen LogP contribution in [0.15, 0.2) is 18.2 Å². The number of hydrogen-bond acceptors (Lipinski definition) is 3. The van der Waals surface area contributed by atoms with E-state index in [9.17, 15) is 14.3 Å². The van der Waals surface area contributed by atoms with Gasteiger partial charge in [-0.1, -0.05) is 6.07 Å². The largest absolute Gasteiger partial charge is 0.494 e. The summed E-state index contributed by atoms with van der Waals surface area (Å²) in [5.41, 5.74) is 0.671. The molecular formula is C16H23FN2O3. The molecule has 0 spiro atoms. The van der Waals surface area contributed by atoms with Gasteiger partial charge < -0.3 is 20.5 Å². The number of hydrogen-bond donors (Lipinski definition) is 3. The molecule has 5 nitrogen and oxygen atoms in total. The molecule has 1 aromatic rings. The van der Waals surface area contributed by atoms with Crippen LogP contribution in [0, 0.1) is 11.7 Å². The zero-order valence-corrected chi connectivity index (χ0v) is 12.9. The lowest BCUT2D eigenvalue weighted by Gasteiger charge is -2.17. The number of ether oxygens (including phenoxy) is 1.